The van der Waals surface area contributed by atoms with Crippen LogP contribution in [-0.2, 0) is 9.59 Å². The van der Waals surface area contributed by atoms with Gasteiger partial charge in [0.25, 0.3) is 0 Å². The highest BCUT2D eigenvalue weighted by Gasteiger charge is 2.27. The molecule has 4 heteroatoms. The highest BCUT2D eigenvalue weighted by molar-refractivity contribution is 5.77. The first-order valence-electron chi connectivity index (χ1n) is 6.05. The summed E-state index contributed by atoms with van der Waals surface area (Å²) in [4.78, 5) is 24.4. The van der Waals surface area contributed by atoms with Gasteiger partial charge in [0.15, 0.2) is 0 Å². The molecule has 1 atom stereocenters. The topological polar surface area (TPSA) is 57.6 Å². The smallest absolute Gasteiger partial charge is 0.306 e. The zero-order chi connectivity index (χ0) is 12.1. The Labute approximate surface area is 96.6 Å². The van der Waals surface area contributed by atoms with Crippen molar-refractivity contribution in [2.75, 3.05) is 13.1 Å². The van der Waals surface area contributed by atoms with E-state index in [-0.39, 0.29) is 11.8 Å². The first-order chi connectivity index (χ1) is 7.54. The Kier molecular flexibility index (Phi) is 4.77. The van der Waals surface area contributed by atoms with Crippen LogP contribution in [0.5, 0.6) is 0 Å². The van der Waals surface area contributed by atoms with Crippen molar-refractivity contribution in [2.24, 2.45) is 11.8 Å². The highest BCUT2D eigenvalue weighted by Crippen LogP contribution is 2.19. The molecule has 0 unspecified atom stereocenters. The summed E-state index contributed by atoms with van der Waals surface area (Å²) in [6.45, 7) is 5.36. The maximum atomic E-state index is 11.8. The van der Waals surface area contributed by atoms with Crippen LogP contribution >= 0.6 is 0 Å². The van der Waals surface area contributed by atoms with Crippen LogP contribution in [0.1, 0.15) is 39.5 Å². The van der Waals surface area contributed by atoms with Gasteiger partial charge < -0.3 is 10.0 Å². The third-order valence-electron chi connectivity index (χ3n) is 3.42. The van der Waals surface area contributed by atoms with Crippen molar-refractivity contribution < 1.29 is 14.7 Å². The molecule has 0 radical (unpaired) electrons. The van der Waals surface area contributed by atoms with Crippen LogP contribution in [-0.4, -0.2) is 35.0 Å². The minimum absolute atomic E-state index is 0.179. The summed E-state index contributed by atoms with van der Waals surface area (Å²) in [6, 6.07) is 0. The largest absolute Gasteiger partial charge is 0.481 e. The van der Waals surface area contributed by atoms with Gasteiger partial charge in [0.1, 0.15) is 0 Å². The molecule has 1 N–H and O–H groups in total. The molecule has 0 aromatic carbocycles. The van der Waals surface area contributed by atoms with E-state index < -0.39 is 5.97 Å². The molecule has 1 saturated heterocycles. The number of nitrogens with zero attached hydrogens (tertiary/aromatic N) is 1. The Morgan fingerprint density at radius 3 is 2.38 bits per heavy atom. The first-order valence-corrected chi connectivity index (χ1v) is 6.05. The number of hydrogen-bond acceptors (Lipinski definition) is 2. The number of rotatable bonds is 4. The van der Waals surface area contributed by atoms with Crippen LogP contribution in [0.25, 0.3) is 0 Å². The van der Waals surface area contributed by atoms with Crippen LogP contribution in [0.4, 0.5) is 0 Å². The molecular weight excluding hydrogens is 206 g/mol. The lowest BCUT2D eigenvalue weighted by molar-refractivity contribution is -0.145. The SMILES string of the molecule is CC[C@H](C)CC(=O)N1CCC(C(=O)O)CC1. The van der Waals surface area contributed by atoms with E-state index >= 15 is 0 Å². The summed E-state index contributed by atoms with van der Waals surface area (Å²) in [7, 11) is 0. The summed E-state index contributed by atoms with van der Waals surface area (Å²) in [5.74, 6) is -0.385. The number of amides is 1. The molecular formula is C12H21NO3. The minimum Gasteiger partial charge on any atom is -0.481 e. The fraction of sp³-hybridized carbons (Fsp3) is 0.833. The number of carbonyl (C=O) groups excluding carboxylic acids is 1. The van der Waals surface area contributed by atoms with Crippen molar-refractivity contribution in [3.63, 3.8) is 0 Å². The van der Waals surface area contributed by atoms with Gasteiger partial charge in [-0.15, -0.1) is 0 Å². The number of carboxylic acid groups (broad SMARTS) is 1. The predicted octanol–water partition coefficient (Wildman–Crippen LogP) is 1.75. The van der Waals surface area contributed by atoms with Gasteiger partial charge in [-0.2, -0.15) is 0 Å². The summed E-state index contributed by atoms with van der Waals surface area (Å²) in [5, 5.41) is 8.84. The molecule has 1 fully saturated rings. The predicted molar refractivity (Wildman–Crippen MR) is 61.0 cm³/mol. The van der Waals surface area contributed by atoms with E-state index in [0.29, 0.717) is 38.3 Å². The Bertz CT molecular complexity index is 257. The first kappa shape index (κ1) is 13.0. The maximum Gasteiger partial charge on any atom is 0.306 e. The molecule has 0 spiro atoms. The number of carbonyl (C=O) groups is 2. The van der Waals surface area contributed by atoms with Gasteiger partial charge in [-0.05, 0) is 18.8 Å². The van der Waals surface area contributed by atoms with Gasteiger partial charge in [-0.25, -0.2) is 0 Å². The van der Waals surface area contributed by atoms with Gasteiger partial charge in [0.05, 0.1) is 5.92 Å². The Balaban J connectivity index is 2.36. The van der Waals surface area contributed by atoms with Crippen LogP contribution < -0.4 is 0 Å². The zero-order valence-electron chi connectivity index (χ0n) is 10.1. The van der Waals surface area contributed by atoms with Crippen LogP contribution in [0.15, 0.2) is 0 Å². The lowest BCUT2D eigenvalue weighted by Crippen LogP contribution is -2.40. The fourth-order valence-electron chi connectivity index (χ4n) is 1.95. The van der Waals surface area contributed by atoms with Crippen molar-refractivity contribution >= 4 is 11.9 Å². The Morgan fingerprint density at radius 1 is 1.38 bits per heavy atom. The van der Waals surface area contributed by atoms with Crippen molar-refractivity contribution in [3.05, 3.63) is 0 Å². The van der Waals surface area contributed by atoms with Crippen molar-refractivity contribution in [2.45, 2.75) is 39.5 Å². The third kappa shape index (κ3) is 3.51. The van der Waals surface area contributed by atoms with Crippen molar-refractivity contribution in [3.8, 4) is 0 Å². The quantitative estimate of drug-likeness (QED) is 0.796. The summed E-state index contributed by atoms with van der Waals surface area (Å²) >= 11 is 0. The number of carboxylic acids is 1. The molecule has 4 nitrogen and oxygen atoms in total. The standard InChI is InChI=1S/C12H21NO3/c1-3-9(2)8-11(14)13-6-4-10(5-7-13)12(15)16/h9-10H,3-8H2,1-2H3,(H,15,16)/t9-/m0/s1. The molecule has 0 aliphatic carbocycles. The molecule has 1 heterocycles. The zero-order valence-corrected chi connectivity index (χ0v) is 10.1. The third-order valence-corrected chi connectivity index (χ3v) is 3.42. The molecule has 0 bridgehead atoms. The lowest BCUT2D eigenvalue weighted by atomic mass is 9.96. The van der Waals surface area contributed by atoms with Gasteiger partial charge in [0, 0.05) is 19.5 Å². The van der Waals surface area contributed by atoms with E-state index in [0.717, 1.165) is 6.42 Å². The van der Waals surface area contributed by atoms with Gasteiger partial charge in [-0.1, -0.05) is 20.3 Å². The summed E-state index contributed by atoms with van der Waals surface area (Å²) < 4.78 is 0. The van der Waals surface area contributed by atoms with Gasteiger partial charge in [0.2, 0.25) is 5.91 Å². The molecule has 92 valence electrons. The molecule has 0 aromatic heterocycles. The highest BCUT2D eigenvalue weighted by atomic mass is 16.4. The van der Waals surface area contributed by atoms with Crippen molar-refractivity contribution in [1.82, 2.24) is 4.90 Å². The van der Waals surface area contributed by atoms with Gasteiger partial charge in [-0.3, -0.25) is 9.59 Å². The van der Waals surface area contributed by atoms with E-state index in [2.05, 4.69) is 13.8 Å². The number of aliphatic carboxylic acids is 1. The lowest BCUT2D eigenvalue weighted by Gasteiger charge is -2.30. The second-order valence-electron chi connectivity index (χ2n) is 4.71. The molecule has 1 rings (SSSR count). The normalized spacial score (nSPS) is 19.5. The maximum absolute atomic E-state index is 11.8. The number of likely N-dealkylation sites (tertiary alicyclic amines) is 1. The average Bonchev–Trinajstić information content (AvgIpc) is 2.28. The number of hydrogen-bond donors (Lipinski definition) is 1. The van der Waals surface area contributed by atoms with E-state index in [4.69, 9.17) is 5.11 Å². The minimum atomic E-state index is -0.728. The molecule has 1 aliphatic heterocycles. The van der Waals surface area contributed by atoms with E-state index in [1.165, 1.54) is 0 Å². The number of piperidine rings is 1. The molecule has 1 amide bonds. The molecule has 1 aliphatic rings. The van der Waals surface area contributed by atoms with E-state index in [9.17, 15) is 9.59 Å². The second-order valence-corrected chi connectivity index (χ2v) is 4.71. The van der Waals surface area contributed by atoms with E-state index in [1.807, 2.05) is 4.90 Å². The summed E-state index contributed by atoms with van der Waals surface area (Å²) in [6.07, 6.45) is 2.80. The van der Waals surface area contributed by atoms with Gasteiger partial charge >= 0.3 is 5.97 Å². The van der Waals surface area contributed by atoms with Crippen LogP contribution in [0.3, 0.4) is 0 Å². The van der Waals surface area contributed by atoms with Crippen LogP contribution in [0.2, 0.25) is 0 Å². The van der Waals surface area contributed by atoms with E-state index in [1.54, 1.807) is 0 Å². The molecule has 16 heavy (non-hydrogen) atoms. The monoisotopic (exact) mass is 227 g/mol. The molecule has 0 saturated carbocycles. The fourth-order valence-corrected chi connectivity index (χ4v) is 1.95. The molecule has 0 aromatic rings. The Hall–Kier alpha value is -1.06. The van der Waals surface area contributed by atoms with Crippen LogP contribution in [0, 0.1) is 11.8 Å². The second kappa shape index (κ2) is 5.87. The Morgan fingerprint density at radius 2 is 1.94 bits per heavy atom. The van der Waals surface area contributed by atoms with Crippen molar-refractivity contribution in [1.29, 1.82) is 0 Å². The average molecular weight is 227 g/mol. The summed E-state index contributed by atoms with van der Waals surface area (Å²) in [5.41, 5.74) is 0.